The molecule has 1 aromatic heterocycles. The standard InChI is InChI=1S/C13H12ClNO/c1-9-2-4-10(5-3-9)6-12-7-11(8-16)13(14)15-12/h2-5,7-8,15H,6H2,1H3. The average molecular weight is 234 g/mol. The van der Waals surface area contributed by atoms with Crippen molar-refractivity contribution in [2.45, 2.75) is 13.3 Å². The second kappa shape index (κ2) is 4.54. The highest BCUT2D eigenvalue weighted by Gasteiger charge is 2.05. The number of hydrogen-bond acceptors (Lipinski definition) is 1. The van der Waals surface area contributed by atoms with Gasteiger partial charge in [0.1, 0.15) is 5.15 Å². The molecule has 2 nitrogen and oxygen atoms in total. The van der Waals surface area contributed by atoms with Gasteiger partial charge in [0.15, 0.2) is 6.29 Å². The maximum Gasteiger partial charge on any atom is 0.153 e. The van der Waals surface area contributed by atoms with Crippen LogP contribution in [0.3, 0.4) is 0 Å². The lowest BCUT2D eigenvalue weighted by Crippen LogP contribution is -1.87. The summed E-state index contributed by atoms with van der Waals surface area (Å²) in [5.74, 6) is 0. The Morgan fingerprint density at radius 3 is 2.56 bits per heavy atom. The number of hydrogen-bond donors (Lipinski definition) is 1. The normalized spacial score (nSPS) is 10.4. The fourth-order valence-electron chi connectivity index (χ4n) is 1.61. The van der Waals surface area contributed by atoms with Gasteiger partial charge in [-0.1, -0.05) is 41.4 Å². The summed E-state index contributed by atoms with van der Waals surface area (Å²) in [7, 11) is 0. The minimum atomic E-state index is 0.414. The third-order valence-corrected chi connectivity index (χ3v) is 2.81. The number of aldehydes is 1. The molecule has 0 fully saturated rings. The number of halogens is 1. The van der Waals surface area contributed by atoms with Crippen molar-refractivity contribution < 1.29 is 4.79 Å². The highest BCUT2D eigenvalue weighted by Crippen LogP contribution is 2.17. The molecule has 0 aliphatic rings. The zero-order valence-corrected chi connectivity index (χ0v) is 9.71. The van der Waals surface area contributed by atoms with Crippen LogP contribution in [0.1, 0.15) is 27.2 Å². The van der Waals surface area contributed by atoms with E-state index >= 15 is 0 Å². The van der Waals surface area contributed by atoms with Gasteiger partial charge in [-0.3, -0.25) is 4.79 Å². The zero-order valence-electron chi connectivity index (χ0n) is 8.96. The number of aromatic nitrogens is 1. The number of H-pyrrole nitrogens is 1. The molecule has 2 rings (SSSR count). The van der Waals surface area contributed by atoms with Crippen molar-refractivity contribution in [1.29, 1.82) is 0 Å². The van der Waals surface area contributed by atoms with Gasteiger partial charge in [0.2, 0.25) is 0 Å². The van der Waals surface area contributed by atoms with Crippen LogP contribution >= 0.6 is 11.6 Å². The first kappa shape index (κ1) is 11.0. The summed E-state index contributed by atoms with van der Waals surface area (Å²) in [5.41, 5.74) is 3.91. The van der Waals surface area contributed by atoms with Crippen LogP contribution in [0.2, 0.25) is 5.15 Å². The van der Waals surface area contributed by atoms with Crippen LogP contribution in [0.25, 0.3) is 0 Å². The maximum absolute atomic E-state index is 10.6. The summed E-state index contributed by atoms with van der Waals surface area (Å²) in [6.07, 6.45) is 1.52. The molecule has 1 N–H and O–H groups in total. The number of benzene rings is 1. The van der Waals surface area contributed by atoms with E-state index in [1.54, 1.807) is 6.07 Å². The predicted octanol–water partition coefficient (Wildman–Crippen LogP) is 3.38. The van der Waals surface area contributed by atoms with Crippen LogP contribution in [-0.2, 0) is 6.42 Å². The Hall–Kier alpha value is -1.54. The molecule has 0 spiro atoms. The summed E-state index contributed by atoms with van der Waals surface area (Å²) in [5, 5.41) is 0.414. The maximum atomic E-state index is 10.6. The highest BCUT2D eigenvalue weighted by molar-refractivity contribution is 6.31. The smallest absolute Gasteiger partial charge is 0.153 e. The van der Waals surface area contributed by atoms with Crippen LogP contribution in [0, 0.1) is 6.92 Å². The van der Waals surface area contributed by atoms with Gasteiger partial charge in [-0.25, -0.2) is 0 Å². The Morgan fingerprint density at radius 2 is 2.00 bits per heavy atom. The second-order valence-corrected chi connectivity index (χ2v) is 4.22. The largest absolute Gasteiger partial charge is 0.349 e. The quantitative estimate of drug-likeness (QED) is 0.810. The van der Waals surface area contributed by atoms with E-state index in [0.717, 1.165) is 18.4 Å². The van der Waals surface area contributed by atoms with E-state index in [2.05, 4.69) is 36.2 Å². The van der Waals surface area contributed by atoms with Crippen molar-refractivity contribution in [2.24, 2.45) is 0 Å². The number of nitrogens with one attached hydrogen (secondary N) is 1. The summed E-state index contributed by atoms with van der Waals surface area (Å²) < 4.78 is 0. The molecule has 1 aromatic carbocycles. The molecule has 0 aliphatic carbocycles. The van der Waals surface area contributed by atoms with E-state index < -0.39 is 0 Å². The summed E-state index contributed by atoms with van der Waals surface area (Å²) >= 11 is 5.85. The Morgan fingerprint density at radius 1 is 1.31 bits per heavy atom. The molecule has 1 heterocycles. The minimum absolute atomic E-state index is 0.414. The first-order valence-electron chi connectivity index (χ1n) is 5.07. The van der Waals surface area contributed by atoms with Crippen molar-refractivity contribution in [3.8, 4) is 0 Å². The molecule has 0 atom stereocenters. The van der Waals surface area contributed by atoms with Gasteiger partial charge < -0.3 is 4.98 Å². The van der Waals surface area contributed by atoms with Gasteiger partial charge >= 0.3 is 0 Å². The van der Waals surface area contributed by atoms with Crippen LogP contribution < -0.4 is 0 Å². The molecule has 0 saturated carbocycles. The van der Waals surface area contributed by atoms with Gasteiger partial charge in [0.25, 0.3) is 0 Å². The van der Waals surface area contributed by atoms with E-state index in [-0.39, 0.29) is 0 Å². The van der Waals surface area contributed by atoms with Crippen LogP contribution in [0.5, 0.6) is 0 Å². The highest BCUT2D eigenvalue weighted by atomic mass is 35.5. The van der Waals surface area contributed by atoms with Crippen molar-refractivity contribution in [3.05, 3.63) is 57.9 Å². The Kier molecular flexibility index (Phi) is 3.11. The van der Waals surface area contributed by atoms with Crippen molar-refractivity contribution in [1.82, 2.24) is 4.98 Å². The third kappa shape index (κ3) is 2.34. The molecule has 82 valence electrons. The predicted molar refractivity (Wildman–Crippen MR) is 65.2 cm³/mol. The lowest BCUT2D eigenvalue weighted by molar-refractivity contribution is 0.112. The summed E-state index contributed by atoms with van der Waals surface area (Å²) in [6, 6.07) is 10.1. The molecule has 0 unspecified atom stereocenters. The van der Waals surface area contributed by atoms with Gasteiger partial charge in [0.05, 0.1) is 5.56 Å². The van der Waals surface area contributed by atoms with E-state index in [9.17, 15) is 4.79 Å². The molecular formula is C13H12ClNO. The van der Waals surface area contributed by atoms with Crippen molar-refractivity contribution >= 4 is 17.9 Å². The fraction of sp³-hybridized carbons (Fsp3) is 0.154. The number of aromatic amines is 1. The first-order valence-corrected chi connectivity index (χ1v) is 5.45. The molecule has 16 heavy (non-hydrogen) atoms. The molecule has 0 saturated heterocycles. The van der Waals surface area contributed by atoms with Crippen molar-refractivity contribution in [3.63, 3.8) is 0 Å². The molecule has 0 aliphatic heterocycles. The third-order valence-electron chi connectivity index (χ3n) is 2.50. The molecule has 0 bridgehead atoms. The lowest BCUT2D eigenvalue weighted by Gasteiger charge is -1.99. The molecule has 3 heteroatoms. The minimum Gasteiger partial charge on any atom is -0.349 e. The summed E-state index contributed by atoms with van der Waals surface area (Å²) in [6.45, 7) is 2.06. The van der Waals surface area contributed by atoms with Crippen LogP contribution in [-0.4, -0.2) is 11.3 Å². The molecular weight excluding hydrogens is 222 g/mol. The average Bonchev–Trinajstić information content (AvgIpc) is 2.62. The zero-order chi connectivity index (χ0) is 11.5. The van der Waals surface area contributed by atoms with E-state index in [1.165, 1.54) is 11.1 Å². The molecule has 0 radical (unpaired) electrons. The molecule has 0 amide bonds. The SMILES string of the molecule is Cc1ccc(Cc2cc(C=O)c(Cl)[nH]2)cc1. The first-order chi connectivity index (χ1) is 7.69. The Labute approximate surface area is 99.3 Å². The summed E-state index contributed by atoms with van der Waals surface area (Å²) in [4.78, 5) is 13.6. The van der Waals surface area contributed by atoms with Crippen molar-refractivity contribution in [2.75, 3.05) is 0 Å². The van der Waals surface area contributed by atoms with E-state index in [0.29, 0.717) is 10.7 Å². The van der Waals surface area contributed by atoms with Crippen LogP contribution in [0.4, 0.5) is 0 Å². The number of carbonyl (C=O) groups is 1. The van der Waals surface area contributed by atoms with Gasteiger partial charge in [-0.15, -0.1) is 0 Å². The Bertz CT molecular complexity index is 499. The number of aryl methyl sites for hydroxylation is 1. The van der Waals surface area contributed by atoms with Crippen LogP contribution in [0.15, 0.2) is 30.3 Å². The molecule has 2 aromatic rings. The van der Waals surface area contributed by atoms with Gasteiger partial charge in [-0.05, 0) is 18.6 Å². The van der Waals surface area contributed by atoms with E-state index in [4.69, 9.17) is 11.6 Å². The fourth-order valence-corrected chi connectivity index (χ4v) is 1.83. The monoisotopic (exact) mass is 233 g/mol. The second-order valence-electron chi connectivity index (χ2n) is 3.84. The topological polar surface area (TPSA) is 32.9 Å². The number of carbonyl (C=O) groups excluding carboxylic acids is 1. The van der Waals surface area contributed by atoms with Gasteiger partial charge in [-0.2, -0.15) is 0 Å². The number of rotatable bonds is 3. The lowest BCUT2D eigenvalue weighted by atomic mass is 10.1. The Balaban J connectivity index is 2.20. The van der Waals surface area contributed by atoms with Gasteiger partial charge in [0, 0.05) is 12.1 Å². The van der Waals surface area contributed by atoms with E-state index in [1.807, 2.05) is 0 Å².